The van der Waals surface area contributed by atoms with Crippen LogP contribution in [0, 0.1) is 0 Å². The molecule has 2 amide bonds. The summed E-state index contributed by atoms with van der Waals surface area (Å²) in [6.45, 7) is 2.71. The van der Waals surface area contributed by atoms with Crippen LogP contribution in [-0.4, -0.2) is 25.0 Å². The lowest BCUT2D eigenvalue weighted by Crippen LogP contribution is -2.20. The van der Waals surface area contributed by atoms with Crippen molar-refractivity contribution in [2.24, 2.45) is 0 Å². The molecular weight excluding hydrogens is 320 g/mol. The standard InChI is InChI=1S/C19H18N2O4/c1-11(22)12-3-2-4-14(9-12)20-19(23)21-17-15-6-8-24-16(15)10-13-5-7-25-18(13)17/h2-4,9-10H,5-8H2,1H3,(H2,20,21,23). The van der Waals surface area contributed by atoms with E-state index in [-0.39, 0.29) is 11.8 Å². The summed E-state index contributed by atoms with van der Waals surface area (Å²) < 4.78 is 11.4. The van der Waals surface area contributed by atoms with E-state index in [0.717, 1.165) is 35.5 Å². The molecule has 6 heteroatoms. The van der Waals surface area contributed by atoms with Gasteiger partial charge < -0.3 is 20.1 Å². The largest absolute Gasteiger partial charge is 0.493 e. The van der Waals surface area contributed by atoms with Crippen LogP contribution in [-0.2, 0) is 12.8 Å². The lowest BCUT2D eigenvalue weighted by molar-refractivity contribution is 0.101. The molecule has 2 aromatic rings. The van der Waals surface area contributed by atoms with Crippen LogP contribution in [0.15, 0.2) is 30.3 Å². The molecule has 128 valence electrons. The number of benzene rings is 2. The molecule has 0 atom stereocenters. The Morgan fingerprint density at radius 2 is 1.88 bits per heavy atom. The van der Waals surface area contributed by atoms with Gasteiger partial charge in [-0.25, -0.2) is 4.79 Å². The lowest BCUT2D eigenvalue weighted by Gasteiger charge is -2.14. The Bertz CT molecular complexity index is 844. The molecular formula is C19H18N2O4. The van der Waals surface area contributed by atoms with E-state index in [2.05, 4.69) is 10.6 Å². The Hall–Kier alpha value is -3.02. The molecule has 4 rings (SSSR count). The molecule has 0 aliphatic carbocycles. The summed E-state index contributed by atoms with van der Waals surface area (Å²) in [6, 6.07) is 8.48. The number of nitrogens with one attached hydrogen (secondary N) is 2. The number of anilines is 2. The molecule has 0 bridgehead atoms. The average molecular weight is 338 g/mol. The second kappa shape index (κ2) is 6.12. The molecule has 2 aromatic carbocycles. The molecule has 6 nitrogen and oxygen atoms in total. The SMILES string of the molecule is CC(=O)c1cccc(NC(=O)Nc2c3c(cc4c2OCC4)OCC3)c1. The highest BCUT2D eigenvalue weighted by Gasteiger charge is 2.27. The zero-order valence-electron chi connectivity index (χ0n) is 13.8. The second-order valence-corrected chi connectivity index (χ2v) is 6.13. The first-order chi connectivity index (χ1) is 12.1. The third-order valence-corrected chi connectivity index (χ3v) is 4.42. The van der Waals surface area contributed by atoms with Crippen LogP contribution in [0.4, 0.5) is 16.2 Å². The smallest absolute Gasteiger partial charge is 0.323 e. The Kier molecular flexibility index (Phi) is 3.80. The summed E-state index contributed by atoms with van der Waals surface area (Å²) >= 11 is 0. The first-order valence-electron chi connectivity index (χ1n) is 8.25. The van der Waals surface area contributed by atoms with Gasteiger partial charge in [-0.15, -0.1) is 0 Å². The normalized spacial score (nSPS) is 14.1. The zero-order chi connectivity index (χ0) is 17.4. The van der Waals surface area contributed by atoms with E-state index in [1.807, 2.05) is 6.07 Å². The van der Waals surface area contributed by atoms with Crippen LogP contribution in [0.25, 0.3) is 0 Å². The maximum absolute atomic E-state index is 12.5. The van der Waals surface area contributed by atoms with E-state index >= 15 is 0 Å². The highest BCUT2D eigenvalue weighted by molar-refractivity contribution is 6.03. The van der Waals surface area contributed by atoms with Crippen LogP contribution in [0.5, 0.6) is 11.5 Å². The number of urea groups is 1. The van der Waals surface area contributed by atoms with Crippen LogP contribution in [0.1, 0.15) is 28.4 Å². The summed E-state index contributed by atoms with van der Waals surface area (Å²) in [6.07, 6.45) is 1.55. The van der Waals surface area contributed by atoms with Crippen LogP contribution in [0.3, 0.4) is 0 Å². The molecule has 0 saturated heterocycles. The third-order valence-electron chi connectivity index (χ3n) is 4.42. The Morgan fingerprint density at radius 3 is 2.72 bits per heavy atom. The van der Waals surface area contributed by atoms with Crippen molar-refractivity contribution in [3.05, 3.63) is 47.0 Å². The fourth-order valence-electron chi connectivity index (χ4n) is 3.21. The fraction of sp³-hybridized carbons (Fsp3) is 0.263. The van der Waals surface area contributed by atoms with Gasteiger partial charge in [-0.2, -0.15) is 0 Å². The van der Waals surface area contributed by atoms with E-state index in [0.29, 0.717) is 30.2 Å². The minimum absolute atomic E-state index is 0.0479. The summed E-state index contributed by atoms with van der Waals surface area (Å²) in [7, 11) is 0. The van der Waals surface area contributed by atoms with E-state index in [4.69, 9.17) is 9.47 Å². The number of fused-ring (bicyclic) bond motifs is 2. The average Bonchev–Trinajstić information content (AvgIpc) is 3.23. The minimum Gasteiger partial charge on any atom is -0.493 e. The zero-order valence-corrected chi connectivity index (χ0v) is 13.8. The first kappa shape index (κ1) is 15.5. The molecule has 2 aliphatic rings. The molecule has 2 heterocycles. The molecule has 0 unspecified atom stereocenters. The van der Waals surface area contributed by atoms with Crippen molar-refractivity contribution in [2.75, 3.05) is 23.8 Å². The molecule has 0 saturated carbocycles. The van der Waals surface area contributed by atoms with Crippen molar-refractivity contribution in [3.63, 3.8) is 0 Å². The van der Waals surface area contributed by atoms with Gasteiger partial charge in [0.05, 0.1) is 18.9 Å². The van der Waals surface area contributed by atoms with Crippen molar-refractivity contribution < 1.29 is 19.1 Å². The van der Waals surface area contributed by atoms with Crippen molar-refractivity contribution in [2.45, 2.75) is 19.8 Å². The number of amides is 2. The summed E-state index contributed by atoms with van der Waals surface area (Å²) in [5.74, 6) is 1.50. The topological polar surface area (TPSA) is 76.7 Å². The van der Waals surface area contributed by atoms with E-state index in [1.165, 1.54) is 6.92 Å². The van der Waals surface area contributed by atoms with Gasteiger partial charge in [0.15, 0.2) is 5.78 Å². The van der Waals surface area contributed by atoms with Crippen molar-refractivity contribution >= 4 is 23.2 Å². The number of ether oxygens (including phenoxy) is 2. The van der Waals surface area contributed by atoms with Gasteiger partial charge in [-0.3, -0.25) is 4.79 Å². The van der Waals surface area contributed by atoms with Crippen molar-refractivity contribution in [1.29, 1.82) is 0 Å². The Labute approximate surface area is 145 Å². The van der Waals surface area contributed by atoms with Gasteiger partial charge >= 0.3 is 6.03 Å². The number of carbonyl (C=O) groups excluding carboxylic acids is 2. The molecule has 25 heavy (non-hydrogen) atoms. The van der Waals surface area contributed by atoms with E-state index < -0.39 is 0 Å². The van der Waals surface area contributed by atoms with Gasteiger partial charge in [0.25, 0.3) is 0 Å². The quantitative estimate of drug-likeness (QED) is 0.841. The van der Waals surface area contributed by atoms with Crippen molar-refractivity contribution in [1.82, 2.24) is 0 Å². The monoisotopic (exact) mass is 338 g/mol. The number of ketones is 1. The van der Waals surface area contributed by atoms with Gasteiger partial charge in [0.2, 0.25) is 0 Å². The molecule has 0 aromatic heterocycles. The second-order valence-electron chi connectivity index (χ2n) is 6.13. The number of carbonyl (C=O) groups is 2. The maximum atomic E-state index is 12.5. The van der Waals surface area contributed by atoms with Gasteiger partial charge in [0.1, 0.15) is 11.5 Å². The molecule has 0 radical (unpaired) electrons. The maximum Gasteiger partial charge on any atom is 0.323 e. The van der Waals surface area contributed by atoms with Crippen LogP contribution in [0.2, 0.25) is 0 Å². The van der Waals surface area contributed by atoms with Crippen LogP contribution < -0.4 is 20.1 Å². The number of rotatable bonds is 3. The Balaban J connectivity index is 1.58. The number of Topliss-reactive ketones (excluding diaryl/α,β-unsaturated/α-hetero) is 1. The minimum atomic E-state index is -0.376. The number of hydrogen-bond donors (Lipinski definition) is 2. The highest BCUT2D eigenvalue weighted by atomic mass is 16.5. The van der Waals surface area contributed by atoms with Crippen LogP contribution >= 0.6 is 0 Å². The van der Waals surface area contributed by atoms with E-state index in [1.54, 1.807) is 24.3 Å². The first-order valence-corrected chi connectivity index (χ1v) is 8.25. The lowest BCUT2D eigenvalue weighted by atomic mass is 10.0. The van der Waals surface area contributed by atoms with E-state index in [9.17, 15) is 9.59 Å². The Morgan fingerprint density at radius 1 is 1.04 bits per heavy atom. The predicted molar refractivity (Wildman–Crippen MR) is 93.9 cm³/mol. The highest BCUT2D eigenvalue weighted by Crippen LogP contribution is 2.44. The third kappa shape index (κ3) is 2.91. The van der Waals surface area contributed by atoms with Gasteiger partial charge in [-0.1, -0.05) is 12.1 Å². The number of hydrogen-bond acceptors (Lipinski definition) is 4. The molecule has 2 aliphatic heterocycles. The van der Waals surface area contributed by atoms with Crippen molar-refractivity contribution in [3.8, 4) is 11.5 Å². The molecule has 2 N–H and O–H groups in total. The predicted octanol–water partition coefficient (Wildman–Crippen LogP) is 3.40. The molecule has 0 spiro atoms. The summed E-state index contributed by atoms with van der Waals surface area (Å²) in [4.78, 5) is 23.9. The summed E-state index contributed by atoms with van der Waals surface area (Å²) in [5.41, 5.74) is 3.81. The van der Waals surface area contributed by atoms with Gasteiger partial charge in [-0.05, 0) is 25.1 Å². The molecule has 0 fully saturated rings. The van der Waals surface area contributed by atoms with Gasteiger partial charge in [0, 0.05) is 35.2 Å². The summed E-state index contributed by atoms with van der Waals surface area (Å²) in [5, 5.41) is 5.67. The fourth-order valence-corrected chi connectivity index (χ4v) is 3.21.